The van der Waals surface area contributed by atoms with Crippen molar-refractivity contribution in [3.8, 4) is 0 Å². The molecule has 0 unspecified atom stereocenters. The molecular formula is C15H12Cl6N4. The van der Waals surface area contributed by atoms with Crippen LogP contribution in [0.4, 0.5) is 5.69 Å². The molecule has 134 valence electrons. The second-order valence-electron chi connectivity index (χ2n) is 5.16. The van der Waals surface area contributed by atoms with Crippen molar-refractivity contribution in [1.29, 1.82) is 0 Å². The number of benzene rings is 1. The predicted octanol–water partition coefficient (Wildman–Crippen LogP) is 5.76. The Morgan fingerprint density at radius 1 is 0.760 bits per heavy atom. The van der Waals surface area contributed by atoms with Gasteiger partial charge in [0.2, 0.25) is 7.59 Å². The summed E-state index contributed by atoms with van der Waals surface area (Å²) in [5, 5.41) is 0. The van der Waals surface area contributed by atoms with Crippen molar-refractivity contribution < 1.29 is 0 Å². The van der Waals surface area contributed by atoms with Gasteiger partial charge in [-0.25, -0.2) is 15.0 Å². The van der Waals surface area contributed by atoms with E-state index in [-0.39, 0.29) is 17.5 Å². The lowest BCUT2D eigenvalue weighted by Gasteiger charge is -2.14. The third-order valence-corrected chi connectivity index (χ3v) is 4.01. The molecule has 1 heterocycles. The van der Waals surface area contributed by atoms with Gasteiger partial charge in [-0.05, 0) is 23.8 Å². The molecule has 0 aliphatic heterocycles. The largest absolute Gasteiger partial charge is 0.378 e. The molecule has 0 bridgehead atoms. The maximum absolute atomic E-state index is 5.84. The van der Waals surface area contributed by atoms with Crippen molar-refractivity contribution >= 4 is 87.4 Å². The average Bonchev–Trinajstić information content (AvgIpc) is 2.51. The van der Waals surface area contributed by atoms with Gasteiger partial charge < -0.3 is 4.90 Å². The Labute approximate surface area is 175 Å². The van der Waals surface area contributed by atoms with E-state index in [1.54, 1.807) is 12.2 Å². The zero-order valence-corrected chi connectivity index (χ0v) is 17.6. The quantitative estimate of drug-likeness (QED) is 0.546. The molecule has 25 heavy (non-hydrogen) atoms. The van der Waals surface area contributed by atoms with Gasteiger partial charge in [0, 0.05) is 19.8 Å². The SMILES string of the molecule is CN(C)c1ccc(/C=C/c2nc(C(Cl)(Cl)Cl)nc(C(Cl)(Cl)Cl)n2)cc1. The lowest BCUT2D eigenvalue weighted by molar-refractivity contribution is 0.835. The van der Waals surface area contributed by atoms with Crippen LogP contribution >= 0.6 is 69.6 Å². The molecule has 0 spiro atoms. The van der Waals surface area contributed by atoms with Gasteiger partial charge in [0.1, 0.15) is 0 Å². The molecular weight excluding hydrogens is 449 g/mol. The molecule has 0 amide bonds. The number of aromatic nitrogens is 3. The zero-order valence-electron chi connectivity index (χ0n) is 13.0. The van der Waals surface area contributed by atoms with Crippen LogP contribution in [-0.4, -0.2) is 29.0 Å². The first-order chi connectivity index (χ1) is 11.5. The fourth-order valence-electron chi connectivity index (χ4n) is 1.77. The van der Waals surface area contributed by atoms with Crippen LogP contribution in [0, 0.1) is 0 Å². The topological polar surface area (TPSA) is 41.9 Å². The summed E-state index contributed by atoms with van der Waals surface area (Å²) in [6.45, 7) is 0. The number of nitrogens with zero attached hydrogens (tertiary/aromatic N) is 4. The first-order valence-corrected chi connectivity index (χ1v) is 9.09. The smallest absolute Gasteiger partial charge is 0.250 e. The van der Waals surface area contributed by atoms with Crippen molar-refractivity contribution in [1.82, 2.24) is 15.0 Å². The van der Waals surface area contributed by atoms with E-state index in [0.717, 1.165) is 11.3 Å². The van der Waals surface area contributed by atoms with Gasteiger partial charge in [-0.3, -0.25) is 0 Å². The molecule has 10 heteroatoms. The van der Waals surface area contributed by atoms with Crippen LogP contribution in [0.5, 0.6) is 0 Å². The molecule has 0 radical (unpaired) electrons. The summed E-state index contributed by atoms with van der Waals surface area (Å²) in [7, 11) is 3.93. The molecule has 0 aliphatic carbocycles. The maximum Gasteiger partial charge on any atom is 0.250 e. The van der Waals surface area contributed by atoms with Gasteiger partial charge in [0.25, 0.3) is 0 Å². The molecule has 0 fully saturated rings. The molecule has 4 nitrogen and oxygen atoms in total. The van der Waals surface area contributed by atoms with E-state index in [9.17, 15) is 0 Å². The Hall–Kier alpha value is -0.490. The third-order valence-electron chi connectivity index (χ3n) is 2.99. The minimum absolute atomic E-state index is 0.128. The fourth-order valence-corrected chi connectivity index (χ4v) is 2.28. The van der Waals surface area contributed by atoms with Crippen molar-refractivity contribution in [2.75, 3.05) is 19.0 Å². The lowest BCUT2D eigenvalue weighted by Crippen LogP contribution is -2.16. The highest BCUT2D eigenvalue weighted by molar-refractivity contribution is 6.67. The number of rotatable bonds is 3. The summed E-state index contributed by atoms with van der Waals surface area (Å²) in [4.78, 5) is 14.1. The van der Waals surface area contributed by atoms with Crippen LogP contribution in [0.3, 0.4) is 0 Å². The number of alkyl halides is 6. The molecule has 0 saturated heterocycles. The van der Waals surface area contributed by atoms with E-state index in [1.165, 1.54) is 0 Å². The molecule has 0 aliphatic rings. The van der Waals surface area contributed by atoms with Crippen molar-refractivity contribution in [2.45, 2.75) is 7.59 Å². The maximum atomic E-state index is 5.84. The van der Waals surface area contributed by atoms with Crippen molar-refractivity contribution in [2.24, 2.45) is 0 Å². The summed E-state index contributed by atoms with van der Waals surface area (Å²) < 4.78 is -3.74. The molecule has 0 saturated carbocycles. The first kappa shape index (κ1) is 20.8. The Bertz CT molecular complexity index is 731. The Morgan fingerprint density at radius 2 is 1.24 bits per heavy atom. The summed E-state index contributed by atoms with van der Waals surface area (Å²) in [5.74, 6) is -0.0535. The van der Waals surface area contributed by atoms with E-state index < -0.39 is 7.59 Å². The van der Waals surface area contributed by atoms with Gasteiger partial charge in [0.15, 0.2) is 17.5 Å². The van der Waals surface area contributed by atoms with Crippen LogP contribution in [-0.2, 0) is 7.59 Å². The summed E-state index contributed by atoms with van der Waals surface area (Å²) >= 11 is 35.0. The highest BCUT2D eigenvalue weighted by atomic mass is 35.6. The molecule has 0 atom stereocenters. The minimum Gasteiger partial charge on any atom is -0.378 e. The van der Waals surface area contributed by atoms with E-state index >= 15 is 0 Å². The summed E-state index contributed by atoms with van der Waals surface area (Å²) in [6.07, 6.45) is 3.41. The second-order valence-corrected chi connectivity index (χ2v) is 9.72. The average molecular weight is 461 g/mol. The zero-order chi connectivity index (χ0) is 18.8. The van der Waals surface area contributed by atoms with Gasteiger partial charge >= 0.3 is 0 Å². The van der Waals surface area contributed by atoms with Crippen LogP contribution < -0.4 is 4.90 Å². The Balaban J connectivity index is 2.37. The number of halogens is 6. The van der Waals surface area contributed by atoms with Crippen LogP contribution in [0.1, 0.15) is 23.0 Å². The van der Waals surface area contributed by atoms with E-state index in [4.69, 9.17) is 69.6 Å². The summed E-state index contributed by atoms with van der Waals surface area (Å²) in [6, 6.07) is 7.84. The van der Waals surface area contributed by atoms with E-state index in [0.29, 0.717) is 0 Å². The highest BCUT2D eigenvalue weighted by Crippen LogP contribution is 2.39. The first-order valence-electron chi connectivity index (χ1n) is 6.83. The standard InChI is InChI=1S/C15H12Cl6N4/c1-25(2)10-6-3-9(4-7-10)5-8-11-22-12(14(16,17)18)24-13(23-11)15(19,20)21/h3-8H,1-2H3/b8-5+. The van der Waals surface area contributed by atoms with Crippen LogP contribution in [0.25, 0.3) is 12.2 Å². The predicted molar refractivity (Wildman–Crippen MR) is 108 cm³/mol. The van der Waals surface area contributed by atoms with Gasteiger partial charge in [-0.15, -0.1) is 0 Å². The molecule has 2 rings (SSSR count). The molecule has 1 aromatic carbocycles. The van der Waals surface area contributed by atoms with E-state index in [2.05, 4.69) is 15.0 Å². The monoisotopic (exact) mass is 458 g/mol. The van der Waals surface area contributed by atoms with Crippen molar-refractivity contribution in [3.63, 3.8) is 0 Å². The van der Waals surface area contributed by atoms with Gasteiger partial charge in [-0.2, -0.15) is 0 Å². The Morgan fingerprint density at radius 3 is 1.64 bits per heavy atom. The number of hydrogen-bond acceptors (Lipinski definition) is 4. The third kappa shape index (κ3) is 6.02. The second kappa shape index (κ2) is 8.03. The molecule has 2 aromatic rings. The minimum atomic E-state index is -1.87. The lowest BCUT2D eigenvalue weighted by atomic mass is 10.2. The highest BCUT2D eigenvalue weighted by Gasteiger charge is 2.33. The Kier molecular flexibility index (Phi) is 6.69. The summed E-state index contributed by atoms with van der Waals surface area (Å²) in [5.41, 5.74) is 2.01. The van der Waals surface area contributed by atoms with Crippen LogP contribution in [0.15, 0.2) is 24.3 Å². The fraction of sp³-hybridized carbons (Fsp3) is 0.267. The molecule has 0 N–H and O–H groups in total. The normalized spacial score (nSPS) is 12.6. The van der Waals surface area contributed by atoms with Crippen LogP contribution in [0.2, 0.25) is 0 Å². The van der Waals surface area contributed by atoms with Gasteiger partial charge in [-0.1, -0.05) is 87.8 Å². The molecule has 1 aromatic heterocycles. The number of hydrogen-bond donors (Lipinski definition) is 0. The van der Waals surface area contributed by atoms with E-state index in [1.807, 2.05) is 43.3 Å². The number of anilines is 1. The van der Waals surface area contributed by atoms with Gasteiger partial charge in [0.05, 0.1) is 0 Å². The van der Waals surface area contributed by atoms with Crippen molar-refractivity contribution in [3.05, 3.63) is 47.3 Å².